The summed E-state index contributed by atoms with van der Waals surface area (Å²) in [6, 6.07) is 1.34. The molecule has 94 valence electrons. The average Bonchev–Trinajstić information content (AvgIpc) is 2.90. The molecule has 2 aromatic rings. The first-order valence-electron chi connectivity index (χ1n) is 5.33. The summed E-state index contributed by atoms with van der Waals surface area (Å²) in [4.78, 5) is 12.0. The number of nitrogens with zero attached hydrogens (tertiary/aromatic N) is 4. The lowest BCUT2D eigenvalue weighted by Gasteiger charge is -2.13. The van der Waals surface area contributed by atoms with Crippen LogP contribution in [0.25, 0.3) is 0 Å². The van der Waals surface area contributed by atoms with Crippen LogP contribution in [0, 0.1) is 0 Å². The molecule has 0 radical (unpaired) electrons. The highest BCUT2D eigenvalue weighted by atomic mass is 32.2. The maximum atomic E-state index is 11.9. The third kappa shape index (κ3) is 1.46. The van der Waals surface area contributed by atoms with Gasteiger partial charge in [0.2, 0.25) is 10.0 Å². The van der Waals surface area contributed by atoms with Gasteiger partial charge in [0.1, 0.15) is 0 Å². The van der Waals surface area contributed by atoms with Crippen molar-refractivity contribution in [3.63, 3.8) is 0 Å². The van der Waals surface area contributed by atoms with Gasteiger partial charge in [-0.2, -0.15) is 0 Å². The molecule has 2 heterocycles. The zero-order chi connectivity index (χ0) is 12.8. The summed E-state index contributed by atoms with van der Waals surface area (Å²) in [6.45, 7) is 0. The van der Waals surface area contributed by atoms with Gasteiger partial charge in [0.05, 0.1) is 12.4 Å². The van der Waals surface area contributed by atoms with Gasteiger partial charge in [0.15, 0.2) is 10.6 Å². The number of hydrogen-bond acceptors (Lipinski definition) is 5. The van der Waals surface area contributed by atoms with Crippen molar-refractivity contribution in [3.8, 4) is 0 Å². The largest absolute Gasteiger partial charge is 0.332 e. The van der Waals surface area contributed by atoms with Crippen LogP contribution in [0.3, 0.4) is 0 Å². The van der Waals surface area contributed by atoms with E-state index in [1.165, 1.54) is 12.4 Å². The fourth-order valence-electron chi connectivity index (χ4n) is 2.22. The van der Waals surface area contributed by atoms with Crippen LogP contribution < -0.4 is 5.14 Å². The third-order valence-corrected chi connectivity index (χ3v) is 4.85. The first-order chi connectivity index (χ1) is 8.56. The highest BCUT2D eigenvalue weighted by molar-refractivity contribution is 7.90. The molecular formula is C10H11N5O2S. The summed E-state index contributed by atoms with van der Waals surface area (Å²) in [5, 5.41) is 5.36. The van der Waals surface area contributed by atoms with Gasteiger partial charge in [0, 0.05) is 31.2 Å². The Morgan fingerprint density at radius 3 is 2.61 bits per heavy atom. The Hall–Kier alpha value is -1.80. The van der Waals surface area contributed by atoms with Crippen molar-refractivity contribution < 1.29 is 8.42 Å². The lowest BCUT2D eigenvalue weighted by atomic mass is 10.3. The summed E-state index contributed by atoms with van der Waals surface area (Å²) >= 11 is 0. The lowest BCUT2D eigenvalue weighted by molar-refractivity contribution is 0.561. The standard InChI is InChI=1S/C10H11N5O2S/c11-18(16,17)10(9-13-2-1-3-14-9)6-8(10)15-5-4-12-7-15/h1-5,7-8H,6H2,(H2,11,16,17). The van der Waals surface area contributed by atoms with Crippen LogP contribution in [0.5, 0.6) is 0 Å². The molecule has 1 saturated carbocycles. The zero-order valence-corrected chi connectivity index (χ0v) is 10.2. The van der Waals surface area contributed by atoms with Crippen molar-refractivity contribution >= 4 is 10.0 Å². The van der Waals surface area contributed by atoms with E-state index in [2.05, 4.69) is 15.0 Å². The molecule has 3 rings (SSSR count). The number of rotatable bonds is 3. The molecule has 0 saturated heterocycles. The van der Waals surface area contributed by atoms with E-state index in [1.807, 2.05) is 0 Å². The Morgan fingerprint density at radius 1 is 1.33 bits per heavy atom. The summed E-state index contributed by atoms with van der Waals surface area (Å²) < 4.78 is 24.3. The van der Waals surface area contributed by atoms with Crippen molar-refractivity contribution in [1.29, 1.82) is 0 Å². The quantitative estimate of drug-likeness (QED) is 0.827. The number of imidazole rings is 1. The second-order valence-electron chi connectivity index (χ2n) is 4.24. The van der Waals surface area contributed by atoms with Crippen LogP contribution in [0.4, 0.5) is 0 Å². The molecule has 1 aliphatic rings. The highest BCUT2D eigenvalue weighted by Gasteiger charge is 2.67. The van der Waals surface area contributed by atoms with Crippen LogP contribution in [0.15, 0.2) is 37.2 Å². The topological polar surface area (TPSA) is 104 Å². The van der Waals surface area contributed by atoms with Crippen LogP contribution in [-0.2, 0) is 14.8 Å². The molecule has 2 aromatic heterocycles. The summed E-state index contributed by atoms with van der Waals surface area (Å²) in [5.41, 5.74) is 0. The van der Waals surface area contributed by atoms with Crippen LogP contribution in [0.1, 0.15) is 18.3 Å². The van der Waals surface area contributed by atoms with E-state index in [0.29, 0.717) is 6.42 Å². The summed E-state index contributed by atoms with van der Waals surface area (Å²) in [7, 11) is -3.79. The molecule has 7 nitrogen and oxygen atoms in total. The maximum Gasteiger partial charge on any atom is 0.224 e. The Balaban J connectivity index is 2.10. The van der Waals surface area contributed by atoms with Crippen LogP contribution in [-0.4, -0.2) is 27.9 Å². The number of primary sulfonamides is 1. The van der Waals surface area contributed by atoms with Gasteiger partial charge in [0.25, 0.3) is 0 Å². The van der Waals surface area contributed by atoms with E-state index < -0.39 is 14.8 Å². The number of aromatic nitrogens is 4. The molecular weight excluding hydrogens is 254 g/mol. The van der Waals surface area contributed by atoms with Crippen molar-refractivity contribution in [3.05, 3.63) is 43.0 Å². The van der Waals surface area contributed by atoms with Gasteiger partial charge >= 0.3 is 0 Å². The first kappa shape index (κ1) is 11.3. The van der Waals surface area contributed by atoms with Gasteiger partial charge < -0.3 is 4.57 Å². The number of nitrogens with two attached hydrogens (primary N) is 1. The molecule has 2 atom stereocenters. The molecule has 0 spiro atoms. The Morgan fingerprint density at radius 2 is 2.06 bits per heavy atom. The van der Waals surface area contributed by atoms with Gasteiger partial charge in [-0.1, -0.05) is 0 Å². The Bertz CT molecular complexity index is 655. The smallest absolute Gasteiger partial charge is 0.224 e. The molecule has 8 heteroatoms. The van der Waals surface area contributed by atoms with Crippen LogP contribution in [0.2, 0.25) is 0 Å². The molecule has 0 bridgehead atoms. The minimum absolute atomic E-state index is 0.242. The SMILES string of the molecule is NS(=O)(=O)C1(c2ncccn2)CC1n1ccnc1. The summed E-state index contributed by atoms with van der Waals surface area (Å²) in [6.07, 6.45) is 8.27. The molecule has 18 heavy (non-hydrogen) atoms. The van der Waals surface area contributed by atoms with Crippen molar-refractivity contribution in [2.45, 2.75) is 17.2 Å². The van der Waals surface area contributed by atoms with E-state index in [9.17, 15) is 8.42 Å². The molecule has 2 unspecified atom stereocenters. The second kappa shape index (κ2) is 3.59. The van der Waals surface area contributed by atoms with Gasteiger partial charge in [-0.15, -0.1) is 0 Å². The molecule has 1 aliphatic carbocycles. The molecule has 0 amide bonds. The fraction of sp³-hybridized carbons (Fsp3) is 0.300. The first-order valence-corrected chi connectivity index (χ1v) is 6.87. The second-order valence-corrected chi connectivity index (χ2v) is 6.06. The van der Waals surface area contributed by atoms with Crippen molar-refractivity contribution in [2.24, 2.45) is 5.14 Å². The monoisotopic (exact) mass is 265 g/mol. The van der Waals surface area contributed by atoms with Gasteiger partial charge in [-0.3, -0.25) is 0 Å². The Labute approximate surface area is 104 Å². The number of hydrogen-bond donors (Lipinski definition) is 1. The predicted molar refractivity (Wildman–Crippen MR) is 62.7 cm³/mol. The molecule has 0 aliphatic heterocycles. The van der Waals surface area contributed by atoms with E-state index in [-0.39, 0.29) is 11.9 Å². The van der Waals surface area contributed by atoms with Crippen LogP contribution >= 0.6 is 0 Å². The van der Waals surface area contributed by atoms with E-state index in [4.69, 9.17) is 5.14 Å². The third-order valence-electron chi connectivity index (χ3n) is 3.21. The highest BCUT2D eigenvalue weighted by Crippen LogP contribution is 2.59. The molecule has 2 N–H and O–H groups in total. The zero-order valence-electron chi connectivity index (χ0n) is 9.34. The van der Waals surface area contributed by atoms with Gasteiger partial charge in [-0.05, 0) is 6.07 Å². The van der Waals surface area contributed by atoms with Crippen molar-refractivity contribution in [1.82, 2.24) is 19.5 Å². The average molecular weight is 265 g/mol. The predicted octanol–water partition coefficient (Wildman–Crippen LogP) is -0.198. The van der Waals surface area contributed by atoms with Crippen molar-refractivity contribution in [2.75, 3.05) is 0 Å². The molecule has 1 fully saturated rings. The van der Waals surface area contributed by atoms with Gasteiger partial charge in [-0.25, -0.2) is 28.5 Å². The number of sulfonamides is 1. The lowest BCUT2D eigenvalue weighted by Crippen LogP contribution is -2.32. The van der Waals surface area contributed by atoms with E-state index in [1.54, 1.807) is 29.4 Å². The molecule has 0 aromatic carbocycles. The minimum atomic E-state index is -3.79. The minimum Gasteiger partial charge on any atom is -0.332 e. The Kier molecular flexibility index (Phi) is 2.26. The van der Waals surface area contributed by atoms with E-state index in [0.717, 1.165) is 0 Å². The summed E-state index contributed by atoms with van der Waals surface area (Å²) in [5.74, 6) is 0.242. The normalized spacial score (nSPS) is 27.1. The fourth-order valence-corrected chi connectivity index (χ4v) is 3.47. The maximum absolute atomic E-state index is 11.9. The van der Waals surface area contributed by atoms with E-state index >= 15 is 0 Å².